The van der Waals surface area contributed by atoms with Crippen LogP contribution in [0.3, 0.4) is 0 Å². The van der Waals surface area contributed by atoms with E-state index in [0.717, 1.165) is 64.5 Å². The molecule has 0 aliphatic carbocycles. The first kappa shape index (κ1) is 35.2. The Morgan fingerprint density at radius 2 is 0.864 bits per heavy atom. The minimum absolute atomic E-state index is 0.0236. The van der Waals surface area contributed by atoms with Crippen molar-refractivity contribution in [3.8, 4) is 0 Å². The van der Waals surface area contributed by atoms with Crippen molar-refractivity contribution in [2.45, 2.75) is 141 Å². The van der Waals surface area contributed by atoms with E-state index >= 15 is 0 Å². The van der Waals surface area contributed by atoms with Crippen LogP contribution in [-0.2, 0) is 9.47 Å². The molecule has 0 unspecified atom stereocenters. The Kier molecular flexibility index (Phi) is 11.6. The van der Waals surface area contributed by atoms with E-state index in [1.807, 2.05) is 9.80 Å². The number of nitrogens with zero attached hydrogens (tertiary/aromatic N) is 4. The molecule has 44 heavy (non-hydrogen) atoms. The summed E-state index contributed by atoms with van der Waals surface area (Å²) in [6.45, 7) is 24.8. The number of nitrogens with one attached hydrogen (secondary N) is 2. The van der Waals surface area contributed by atoms with Gasteiger partial charge in [0.25, 0.3) is 0 Å². The van der Waals surface area contributed by atoms with Crippen LogP contribution in [0.25, 0.3) is 0 Å². The zero-order valence-corrected chi connectivity index (χ0v) is 29.3. The summed E-state index contributed by atoms with van der Waals surface area (Å²) in [5, 5.41) is 7.56. The molecule has 0 saturated carbocycles. The molecule has 4 heterocycles. The van der Waals surface area contributed by atoms with Gasteiger partial charge >= 0.3 is 12.1 Å². The Hall–Kier alpha value is -1.62. The number of unbranched alkanes of at least 4 members (excludes halogenated alkanes) is 3. The molecule has 4 rings (SSSR count). The molecule has 4 aliphatic rings. The average molecular weight is 621 g/mol. The van der Waals surface area contributed by atoms with E-state index in [4.69, 9.17) is 9.47 Å². The second-order valence-electron chi connectivity index (χ2n) is 16.5. The molecule has 0 radical (unpaired) electrons. The molecule has 254 valence electrons. The number of piperidine rings is 2. The second kappa shape index (κ2) is 14.4. The summed E-state index contributed by atoms with van der Waals surface area (Å²) in [6, 6.07) is 0.769. The lowest BCUT2D eigenvalue weighted by molar-refractivity contribution is 0.0257. The van der Waals surface area contributed by atoms with Crippen molar-refractivity contribution >= 4 is 12.1 Å². The fourth-order valence-electron chi connectivity index (χ4n) is 8.64. The summed E-state index contributed by atoms with van der Waals surface area (Å²) >= 11 is 0. The van der Waals surface area contributed by atoms with Crippen molar-refractivity contribution in [1.29, 1.82) is 0 Å². The van der Waals surface area contributed by atoms with Crippen LogP contribution < -0.4 is 10.6 Å². The molecule has 0 atom stereocenters. The minimum Gasteiger partial charge on any atom is -0.378 e. The maximum Gasteiger partial charge on any atom is 0.320 e. The smallest absolute Gasteiger partial charge is 0.320 e. The molecule has 0 bridgehead atoms. The third-order valence-corrected chi connectivity index (χ3v) is 9.82. The lowest BCUT2D eigenvalue weighted by Crippen LogP contribution is -2.64. The molecule has 0 aromatic rings. The zero-order chi connectivity index (χ0) is 32.2. The normalized spacial score (nSPS) is 25.5. The van der Waals surface area contributed by atoms with Crippen LogP contribution in [0.2, 0.25) is 0 Å². The average Bonchev–Trinajstić information content (AvgIpc) is 2.91. The van der Waals surface area contributed by atoms with Gasteiger partial charge < -0.3 is 39.7 Å². The lowest BCUT2D eigenvalue weighted by Gasteiger charge is -2.50. The van der Waals surface area contributed by atoms with Gasteiger partial charge in [-0.05, 0) is 93.9 Å². The number of hydrogen-bond donors (Lipinski definition) is 2. The van der Waals surface area contributed by atoms with E-state index in [0.29, 0.717) is 52.6 Å². The third kappa shape index (κ3) is 9.94. The first-order valence-corrected chi connectivity index (χ1v) is 17.4. The number of morpholine rings is 2. The van der Waals surface area contributed by atoms with E-state index in [2.05, 4.69) is 75.8 Å². The van der Waals surface area contributed by atoms with Gasteiger partial charge in [0, 0.05) is 73.5 Å². The fourth-order valence-corrected chi connectivity index (χ4v) is 8.64. The number of amides is 4. The fraction of sp³-hybridized carbons (Fsp3) is 0.941. The van der Waals surface area contributed by atoms with Crippen LogP contribution in [0.1, 0.15) is 107 Å². The maximum absolute atomic E-state index is 13.8. The quantitative estimate of drug-likeness (QED) is 0.364. The second-order valence-corrected chi connectivity index (χ2v) is 16.5. The summed E-state index contributed by atoms with van der Waals surface area (Å²) < 4.78 is 11.1. The van der Waals surface area contributed by atoms with Crippen LogP contribution in [0.4, 0.5) is 9.59 Å². The molecular formula is C34H64N6O4. The molecule has 0 aromatic carbocycles. The van der Waals surface area contributed by atoms with Gasteiger partial charge in [-0.3, -0.25) is 0 Å². The molecule has 4 fully saturated rings. The highest BCUT2D eigenvalue weighted by Crippen LogP contribution is 2.34. The highest BCUT2D eigenvalue weighted by Gasteiger charge is 2.43. The van der Waals surface area contributed by atoms with E-state index in [1.54, 1.807) is 0 Å². The van der Waals surface area contributed by atoms with E-state index in [1.165, 1.54) is 0 Å². The van der Waals surface area contributed by atoms with E-state index in [-0.39, 0.29) is 46.3 Å². The third-order valence-electron chi connectivity index (χ3n) is 9.82. The maximum atomic E-state index is 13.8. The Bertz CT molecular complexity index is 849. The first-order chi connectivity index (χ1) is 20.6. The predicted molar refractivity (Wildman–Crippen MR) is 176 cm³/mol. The van der Waals surface area contributed by atoms with E-state index in [9.17, 15) is 9.59 Å². The molecule has 4 aliphatic heterocycles. The van der Waals surface area contributed by atoms with Crippen molar-refractivity contribution in [1.82, 2.24) is 30.2 Å². The van der Waals surface area contributed by atoms with Crippen LogP contribution in [0.15, 0.2) is 0 Å². The minimum atomic E-state index is -0.0236. The number of carbonyl (C=O) groups excluding carboxylic acids is 2. The molecule has 4 amide bonds. The van der Waals surface area contributed by atoms with Crippen LogP contribution >= 0.6 is 0 Å². The number of urea groups is 2. The molecular weight excluding hydrogens is 556 g/mol. The lowest BCUT2D eigenvalue weighted by atomic mass is 9.79. The number of hydrogen-bond acceptors (Lipinski definition) is 6. The Balaban J connectivity index is 1.36. The molecule has 2 N–H and O–H groups in total. The van der Waals surface area contributed by atoms with Gasteiger partial charge in [-0.1, -0.05) is 12.8 Å². The van der Waals surface area contributed by atoms with Crippen molar-refractivity contribution in [3.05, 3.63) is 0 Å². The van der Waals surface area contributed by atoms with Crippen molar-refractivity contribution in [2.75, 3.05) is 65.7 Å². The van der Waals surface area contributed by atoms with Gasteiger partial charge in [0.2, 0.25) is 0 Å². The predicted octanol–water partition coefficient (Wildman–Crippen LogP) is 4.67. The Labute approximate surface area is 267 Å². The summed E-state index contributed by atoms with van der Waals surface area (Å²) in [6.07, 6.45) is 7.86. The Morgan fingerprint density at radius 3 is 1.16 bits per heavy atom. The first-order valence-electron chi connectivity index (χ1n) is 17.4. The number of carbonyl (C=O) groups is 2. The summed E-state index contributed by atoms with van der Waals surface area (Å²) in [5.74, 6) is 0. The van der Waals surface area contributed by atoms with Gasteiger partial charge in [-0.25, -0.2) is 9.59 Å². The number of rotatable bonds is 9. The zero-order valence-electron chi connectivity index (χ0n) is 29.3. The highest BCUT2D eigenvalue weighted by molar-refractivity contribution is 5.75. The van der Waals surface area contributed by atoms with Crippen molar-refractivity contribution in [2.24, 2.45) is 0 Å². The molecule has 10 heteroatoms. The molecule has 10 nitrogen and oxygen atoms in total. The molecule has 4 saturated heterocycles. The summed E-state index contributed by atoms with van der Waals surface area (Å²) in [4.78, 5) is 36.0. The SMILES string of the molecule is CC1(C)CC(N(CCCCCCN(C(=O)N2CCOCC2)C2CC(C)(C)NC(C)(C)C2)C(=O)N2CCOCC2)CC(C)(C)N1. The van der Waals surface area contributed by atoms with Gasteiger partial charge in [-0.2, -0.15) is 0 Å². The van der Waals surface area contributed by atoms with Gasteiger partial charge in [-0.15, -0.1) is 0 Å². The van der Waals surface area contributed by atoms with E-state index < -0.39 is 0 Å². The summed E-state index contributed by atoms with van der Waals surface area (Å²) in [7, 11) is 0. The van der Waals surface area contributed by atoms with Gasteiger partial charge in [0.05, 0.1) is 26.4 Å². The monoisotopic (exact) mass is 620 g/mol. The van der Waals surface area contributed by atoms with Crippen LogP contribution in [0, 0.1) is 0 Å². The number of ether oxygens (including phenoxy) is 2. The Morgan fingerprint density at radius 1 is 0.568 bits per heavy atom. The highest BCUT2D eigenvalue weighted by atomic mass is 16.5. The van der Waals surface area contributed by atoms with Crippen LogP contribution in [0.5, 0.6) is 0 Å². The standard InChI is InChI=1S/C34H64N6O4/c1-31(2)23-27(24-32(3,4)35-31)39(29(41)37-15-19-43-20-16-37)13-11-9-10-12-14-40(30(42)38-17-21-44-22-18-38)28-25-33(5,6)36-34(7,8)26-28/h27-28,35-36H,9-26H2,1-8H3. The molecule has 0 aromatic heterocycles. The van der Waals surface area contributed by atoms with Gasteiger partial charge in [0.15, 0.2) is 0 Å². The summed E-state index contributed by atoms with van der Waals surface area (Å²) in [5.41, 5.74) is -0.0944. The largest absolute Gasteiger partial charge is 0.378 e. The molecule has 0 spiro atoms. The van der Waals surface area contributed by atoms with Crippen LogP contribution in [-0.4, -0.2) is 132 Å². The topological polar surface area (TPSA) is 89.6 Å². The van der Waals surface area contributed by atoms with Gasteiger partial charge in [0.1, 0.15) is 0 Å². The van der Waals surface area contributed by atoms with Crippen molar-refractivity contribution < 1.29 is 19.1 Å². The van der Waals surface area contributed by atoms with Crippen molar-refractivity contribution in [3.63, 3.8) is 0 Å².